The van der Waals surface area contributed by atoms with Gasteiger partial charge in [-0.3, -0.25) is 24.3 Å². The van der Waals surface area contributed by atoms with E-state index in [0.717, 1.165) is 11.7 Å². The SMILES string of the molecule is COC(=O)Nc1cnc(-c2ccccc2)n(CC(=O)NC(C(=O)c2nnc(C(C)(C)c3ncccn3)o2)C(C)C)c1=O. The number of hydrogen-bond acceptors (Lipinski definition) is 11. The minimum atomic E-state index is -1.05. The molecule has 0 fully saturated rings. The molecule has 1 atom stereocenters. The van der Waals surface area contributed by atoms with Gasteiger partial charge in [-0.15, -0.1) is 10.2 Å². The number of methoxy groups -OCH3 is 1. The fraction of sp³-hybridized carbons (Fsp3) is 0.321. The smallest absolute Gasteiger partial charge is 0.411 e. The van der Waals surface area contributed by atoms with Gasteiger partial charge < -0.3 is 14.5 Å². The first-order valence-corrected chi connectivity index (χ1v) is 13.0. The average molecular weight is 575 g/mol. The Bertz CT molecular complexity index is 1630. The lowest BCUT2D eigenvalue weighted by molar-refractivity contribution is -0.122. The molecule has 0 saturated carbocycles. The molecule has 1 unspecified atom stereocenters. The van der Waals surface area contributed by atoms with Crippen molar-refractivity contribution in [1.82, 2.24) is 35.0 Å². The van der Waals surface area contributed by atoms with Gasteiger partial charge in [-0.1, -0.05) is 44.2 Å². The van der Waals surface area contributed by atoms with Crippen molar-refractivity contribution in [3.8, 4) is 11.4 Å². The molecule has 0 saturated heterocycles. The molecule has 42 heavy (non-hydrogen) atoms. The molecule has 3 heterocycles. The number of anilines is 1. The maximum atomic E-state index is 13.4. The number of aromatic nitrogens is 6. The third-order valence-electron chi connectivity index (χ3n) is 6.36. The lowest BCUT2D eigenvalue weighted by atomic mass is 9.92. The third-order valence-corrected chi connectivity index (χ3v) is 6.36. The molecule has 14 heteroatoms. The number of benzene rings is 1. The summed E-state index contributed by atoms with van der Waals surface area (Å²) in [6, 6.07) is 9.37. The summed E-state index contributed by atoms with van der Waals surface area (Å²) in [4.78, 5) is 64.6. The zero-order chi connectivity index (χ0) is 30.4. The zero-order valence-corrected chi connectivity index (χ0v) is 23.7. The molecule has 3 aromatic heterocycles. The number of nitrogens with zero attached hydrogens (tertiary/aromatic N) is 6. The third kappa shape index (κ3) is 6.37. The normalized spacial score (nSPS) is 12.0. The average Bonchev–Trinajstić information content (AvgIpc) is 3.50. The number of rotatable bonds is 10. The van der Waals surface area contributed by atoms with Crippen LogP contribution in [0, 0.1) is 5.92 Å². The maximum absolute atomic E-state index is 13.4. The molecule has 0 aliphatic heterocycles. The number of nitrogens with one attached hydrogen (secondary N) is 2. The van der Waals surface area contributed by atoms with E-state index in [1.807, 2.05) is 0 Å². The number of Topliss-reactive ketones (excluding diaryl/α,β-unsaturated/α-hetero) is 1. The molecule has 14 nitrogen and oxygen atoms in total. The Morgan fingerprint density at radius 1 is 1.02 bits per heavy atom. The van der Waals surface area contributed by atoms with E-state index in [1.54, 1.807) is 76.5 Å². The topological polar surface area (TPSA) is 184 Å². The van der Waals surface area contributed by atoms with Gasteiger partial charge in [0.1, 0.15) is 29.3 Å². The van der Waals surface area contributed by atoms with Crippen molar-refractivity contribution < 1.29 is 23.5 Å². The Labute approximate surface area is 240 Å². The highest BCUT2D eigenvalue weighted by molar-refractivity contribution is 5.98. The second-order valence-corrected chi connectivity index (χ2v) is 10.1. The Morgan fingerprint density at radius 3 is 2.36 bits per heavy atom. The second-order valence-electron chi connectivity index (χ2n) is 10.1. The largest absolute Gasteiger partial charge is 0.453 e. The van der Waals surface area contributed by atoms with Gasteiger partial charge in [0.25, 0.3) is 11.4 Å². The predicted octanol–water partition coefficient (Wildman–Crippen LogP) is 2.61. The van der Waals surface area contributed by atoms with Gasteiger partial charge in [0.05, 0.1) is 19.3 Å². The van der Waals surface area contributed by atoms with Gasteiger partial charge >= 0.3 is 6.09 Å². The minimum absolute atomic E-state index is 0.130. The van der Waals surface area contributed by atoms with Crippen LogP contribution in [0.3, 0.4) is 0 Å². The summed E-state index contributed by atoms with van der Waals surface area (Å²) in [7, 11) is 1.15. The highest BCUT2D eigenvalue weighted by atomic mass is 16.5. The van der Waals surface area contributed by atoms with Crippen molar-refractivity contribution in [2.24, 2.45) is 5.92 Å². The molecule has 2 amide bonds. The van der Waals surface area contributed by atoms with Gasteiger partial charge in [0.2, 0.25) is 17.6 Å². The number of carbonyl (C=O) groups excluding carboxylic acids is 3. The Kier molecular flexibility index (Phi) is 8.84. The first kappa shape index (κ1) is 29.7. The van der Waals surface area contributed by atoms with Crippen molar-refractivity contribution in [2.75, 3.05) is 12.4 Å². The number of ketones is 1. The summed E-state index contributed by atoms with van der Waals surface area (Å²) in [5.41, 5.74) is -1.20. The molecule has 4 aromatic rings. The summed E-state index contributed by atoms with van der Waals surface area (Å²) in [5.74, 6) is -1.18. The summed E-state index contributed by atoms with van der Waals surface area (Å²) >= 11 is 0. The van der Waals surface area contributed by atoms with Crippen molar-refractivity contribution in [2.45, 2.75) is 45.7 Å². The van der Waals surface area contributed by atoms with E-state index in [1.165, 1.54) is 6.20 Å². The highest BCUT2D eigenvalue weighted by Crippen LogP contribution is 2.27. The van der Waals surface area contributed by atoms with E-state index >= 15 is 0 Å². The van der Waals surface area contributed by atoms with E-state index in [2.05, 4.69) is 40.5 Å². The van der Waals surface area contributed by atoms with Crippen molar-refractivity contribution >= 4 is 23.5 Å². The highest BCUT2D eigenvalue weighted by Gasteiger charge is 2.35. The van der Waals surface area contributed by atoms with Crippen LogP contribution >= 0.6 is 0 Å². The van der Waals surface area contributed by atoms with Crippen LogP contribution in [-0.4, -0.2) is 60.7 Å². The number of amides is 2. The summed E-state index contributed by atoms with van der Waals surface area (Å²) in [5, 5.41) is 12.9. The molecular formula is C28H30N8O6. The molecular weight excluding hydrogens is 544 g/mol. The van der Waals surface area contributed by atoms with E-state index in [4.69, 9.17) is 4.42 Å². The zero-order valence-electron chi connectivity index (χ0n) is 23.7. The Balaban J connectivity index is 1.60. The van der Waals surface area contributed by atoms with Gasteiger partial charge in [-0.2, -0.15) is 0 Å². The van der Waals surface area contributed by atoms with Crippen LogP contribution in [0.15, 0.2) is 64.2 Å². The first-order valence-electron chi connectivity index (χ1n) is 13.0. The summed E-state index contributed by atoms with van der Waals surface area (Å²) in [6.07, 6.45) is 3.49. The lowest BCUT2D eigenvalue weighted by Gasteiger charge is -2.21. The van der Waals surface area contributed by atoms with Crippen molar-refractivity contribution in [1.29, 1.82) is 0 Å². The number of hydrogen-bond donors (Lipinski definition) is 2. The molecule has 0 radical (unpaired) electrons. The molecule has 218 valence electrons. The summed E-state index contributed by atoms with van der Waals surface area (Å²) < 4.78 is 11.4. The van der Waals surface area contributed by atoms with Crippen LogP contribution < -0.4 is 16.2 Å². The van der Waals surface area contributed by atoms with Crippen LogP contribution in [0.5, 0.6) is 0 Å². The van der Waals surface area contributed by atoms with E-state index in [-0.39, 0.29) is 29.2 Å². The number of ether oxygens (including phenoxy) is 1. The van der Waals surface area contributed by atoms with Gasteiger partial charge in [0.15, 0.2) is 0 Å². The van der Waals surface area contributed by atoms with Crippen LogP contribution in [0.1, 0.15) is 50.1 Å². The van der Waals surface area contributed by atoms with Gasteiger partial charge in [-0.25, -0.2) is 19.7 Å². The minimum Gasteiger partial charge on any atom is -0.453 e. The van der Waals surface area contributed by atoms with Crippen LogP contribution in [0.2, 0.25) is 0 Å². The van der Waals surface area contributed by atoms with Crippen LogP contribution in [0.25, 0.3) is 11.4 Å². The van der Waals surface area contributed by atoms with Gasteiger partial charge in [0, 0.05) is 18.0 Å². The fourth-order valence-corrected chi connectivity index (χ4v) is 4.03. The standard InChI is InChI=1S/C28H30N8O6/c1-16(2)20(21(38)23-34-35-26(42-23)28(3,4)25-29-12-9-13-30-25)33-19(37)15-36-22(17-10-7-6-8-11-17)31-14-18(24(36)39)32-27(40)41-5/h6-14,16,20H,15H2,1-5H3,(H,32,40)(H,33,37). The van der Waals surface area contributed by atoms with Crippen LogP contribution in [-0.2, 0) is 21.5 Å². The van der Waals surface area contributed by atoms with Crippen molar-refractivity contribution in [3.05, 3.63) is 82.9 Å². The number of carbonyl (C=O) groups is 3. The van der Waals surface area contributed by atoms with Crippen molar-refractivity contribution in [3.63, 3.8) is 0 Å². The summed E-state index contributed by atoms with van der Waals surface area (Å²) in [6.45, 7) is 6.55. The van der Waals surface area contributed by atoms with Crippen LogP contribution in [0.4, 0.5) is 10.5 Å². The second kappa shape index (κ2) is 12.5. The monoisotopic (exact) mass is 574 g/mol. The molecule has 0 aliphatic carbocycles. The van der Waals surface area contributed by atoms with Gasteiger partial charge in [-0.05, 0) is 25.8 Å². The lowest BCUT2D eigenvalue weighted by Crippen LogP contribution is -2.46. The van der Waals surface area contributed by atoms with E-state index < -0.39 is 41.3 Å². The molecule has 2 N–H and O–H groups in total. The quantitative estimate of drug-likeness (QED) is 0.265. The molecule has 0 aliphatic rings. The maximum Gasteiger partial charge on any atom is 0.411 e. The molecule has 4 rings (SSSR count). The molecule has 0 bridgehead atoms. The first-order chi connectivity index (χ1) is 20.0. The molecule has 1 aromatic carbocycles. The fourth-order valence-electron chi connectivity index (χ4n) is 4.03. The van der Waals surface area contributed by atoms with E-state index in [0.29, 0.717) is 11.4 Å². The molecule has 0 spiro atoms. The Morgan fingerprint density at radius 2 is 1.71 bits per heavy atom. The Hall–Kier alpha value is -5.27. The van der Waals surface area contributed by atoms with E-state index in [9.17, 15) is 19.2 Å². The predicted molar refractivity (Wildman–Crippen MR) is 150 cm³/mol.